The lowest BCUT2D eigenvalue weighted by Crippen LogP contribution is -2.54. The zero-order valence-electron chi connectivity index (χ0n) is 21.4. The summed E-state index contributed by atoms with van der Waals surface area (Å²) < 4.78 is 31.9. The molecule has 0 bridgehead atoms. The fourth-order valence-corrected chi connectivity index (χ4v) is 6.19. The van der Waals surface area contributed by atoms with Crippen LogP contribution in [0.3, 0.4) is 0 Å². The first-order valence-electron chi connectivity index (χ1n) is 11.6. The van der Waals surface area contributed by atoms with E-state index < -0.39 is 21.9 Å². The molecular weight excluding hydrogens is 544 g/mol. The van der Waals surface area contributed by atoms with E-state index in [1.54, 1.807) is 50.2 Å². The number of carbonyl (C=O) groups is 2. The molecule has 196 valence electrons. The lowest BCUT2D eigenvalue weighted by atomic mass is 9.95. The molecule has 0 aromatic heterocycles. The Bertz CT molecular complexity index is 1600. The van der Waals surface area contributed by atoms with Crippen molar-refractivity contribution < 1.29 is 22.2 Å². The van der Waals surface area contributed by atoms with Gasteiger partial charge in [-0.15, -0.1) is 0 Å². The van der Waals surface area contributed by atoms with Crippen molar-refractivity contribution >= 4 is 62.6 Å². The third-order valence-corrected chi connectivity index (χ3v) is 8.83. The Hall–Kier alpha value is -3.53. The molecule has 0 unspecified atom stereocenters. The molecule has 2 amide bonds. The van der Waals surface area contributed by atoms with Crippen LogP contribution in [0.5, 0.6) is 5.75 Å². The van der Waals surface area contributed by atoms with Gasteiger partial charge in [0.15, 0.2) is 5.11 Å². The van der Waals surface area contributed by atoms with Crippen LogP contribution >= 0.6 is 23.8 Å². The van der Waals surface area contributed by atoms with Crippen LogP contribution in [-0.4, -0.2) is 25.3 Å². The molecule has 1 aliphatic rings. The minimum atomic E-state index is -4.11. The molecule has 1 saturated heterocycles. The van der Waals surface area contributed by atoms with Gasteiger partial charge in [-0.1, -0.05) is 23.7 Å². The third kappa shape index (κ3) is 5.09. The molecule has 1 aliphatic heterocycles. The van der Waals surface area contributed by atoms with Crippen LogP contribution in [0, 0.1) is 34.6 Å². The lowest BCUT2D eigenvalue weighted by molar-refractivity contribution is -0.122. The van der Waals surface area contributed by atoms with Gasteiger partial charge in [-0.2, -0.15) is 8.42 Å². The number of benzene rings is 3. The molecule has 0 atom stereocenters. The van der Waals surface area contributed by atoms with Crippen molar-refractivity contribution in [2.75, 3.05) is 4.90 Å². The molecule has 38 heavy (non-hydrogen) atoms. The second kappa shape index (κ2) is 10.3. The van der Waals surface area contributed by atoms with Crippen molar-refractivity contribution in [3.8, 4) is 5.75 Å². The molecular formula is C28H25ClN2O5S2. The van der Waals surface area contributed by atoms with E-state index in [0.717, 1.165) is 16.7 Å². The average Bonchev–Trinajstić information content (AvgIpc) is 2.86. The quantitative estimate of drug-likeness (QED) is 0.190. The molecule has 4 rings (SSSR count). The molecule has 7 nitrogen and oxygen atoms in total. The number of hydrogen-bond acceptors (Lipinski definition) is 6. The monoisotopic (exact) mass is 568 g/mol. The summed E-state index contributed by atoms with van der Waals surface area (Å²) in [6.45, 7) is 9.29. The lowest BCUT2D eigenvalue weighted by Gasteiger charge is -2.28. The van der Waals surface area contributed by atoms with Crippen LogP contribution in [0.15, 0.2) is 59.0 Å². The number of amides is 2. The Balaban J connectivity index is 1.61. The van der Waals surface area contributed by atoms with E-state index in [-0.39, 0.29) is 21.3 Å². The first-order chi connectivity index (χ1) is 17.8. The maximum atomic E-state index is 13.2. The summed E-state index contributed by atoms with van der Waals surface area (Å²) in [6, 6.07) is 12.5. The number of anilines is 1. The van der Waals surface area contributed by atoms with Gasteiger partial charge < -0.3 is 4.18 Å². The SMILES string of the molecule is Cc1c(C)c(C)c(S(=O)(=O)Oc2ccc(C=C3C(=O)NC(=S)N(c4ccc(Cl)cc4)C3=O)cc2)c(C)c1C. The van der Waals surface area contributed by atoms with E-state index in [2.05, 4.69) is 5.32 Å². The number of rotatable bonds is 5. The van der Waals surface area contributed by atoms with Crippen molar-refractivity contribution in [2.24, 2.45) is 0 Å². The number of nitrogens with one attached hydrogen (secondary N) is 1. The standard InChI is InChI=1S/C28H25ClN2O5S2/c1-15-16(2)18(4)25(19(5)17(15)3)38(34,35)36-23-12-6-20(7-13-23)14-24-26(32)30-28(37)31(27(24)33)22-10-8-21(29)9-11-22/h6-14H,1-5H3,(H,30,32,37). The summed E-state index contributed by atoms with van der Waals surface area (Å²) in [7, 11) is -4.11. The minimum absolute atomic E-state index is 0.0411. The Labute approximate surface area is 232 Å². The Morgan fingerprint density at radius 1 is 0.842 bits per heavy atom. The molecule has 1 heterocycles. The highest BCUT2D eigenvalue weighted by Gasteiger charge is 2.34. The fourth-order valence-electron chi connectivity index (χ4n) is 4.28. The molecule has 0 spiro atoms. The Kier molecular flexibility index (Phi) is 7.47. The largest absolute Gasteiger partial charge is 0.379 e. The summed E-state index contributed by atoms with van der Waals surface area (Å²) in [5, 5.41) is 2.97. The van der Waals surface area contributed by atoms with Crippen molar-refractivity contribution in [1.82, 2.24) is 5.32 Å². The van der Waals surface area contributed by atoms with E-state index in [1.807, 2.05) is 20.8 Å². The normalized spacial score (nSPS) is 15.2. The number of thiocarbonyl (C=S) groups is 1. The third-order valence-electron chi connectivity index (χ3n) is 6.76. The highest BCUT2D eigenvalue weighted by Crippen LogP contribution is 2.32. The first-order valence-corrected chi connectivity index (χ1v) is 13.8. The number of nitrogens with zero attached hydrogens (tertiary/aromatic N) is 1. The van der Waals surface area contributed by atoms with Crippen LogP contribution in [0.4, 0.5) is 5.69 Å². The van der Waals surface area contributed by atoms with Crippen LogP contribution in [0.1, 0.15) is 33.4 Å². The molecule has 1 N–H and O–H groups in total. The first kappa shape index (κ1) is 27.5. The van der Waals surface area contributed by atoms with Gasteiger partial charge in [0.2, 0.25) is 0 Å². The Morgan fingerprint density at radius 2 is 1.37 bits per heavy atom. The van der Waals surface area contributed by atoms with Gasteiger partial charge in [-0.3, -0.25) is 19.8 Å². The second-order valence-electron chi connectivity index (χ2n) is 8.99. The fraction of sp³-hybridized carbons (Fsp3) is 0.179. The van der Waals surface area contributed by atoms with Crippen molar-refractivity contribution in [2.45, 2.75) is 39.5 Å². The highest BCUT2D eigenvalue weighted by molar-refractivity contribution is 7.87. The van der Waals surface area contributed by atoms with E-state index in [0.29, 0.717) is 27.4 Å². The topological polar surface area (TPSA) is 92.8 Å². The van der Waals surface area contributed by atoms with Gasteiger partial charge in [0.05, 0.1) is 5.69 Å². The van der Waals surface area contributed by atoms with Crippen molar-refractivity contribution in [3.63, 3.8) is 0 Å². The number of hydrogen-bond donors (Lipinski definition) is 1. The summed E-state index contributed by atoms with van der Waals surface area (Å²) in [5.41, 5.74) is 4.97. The smallest absolute Gasteiger partial charge is 0.339 e. The second-order valence-corrected chi connectivity index (χ2v) is 11.3. The zero-order chi connectivity index (χ0) is 27.9. The van der Waals surface area contributed by atoms with Gasteiger partial charge in [0.25, 0.3) is 11.8 Å². The predicted octanol–water partition coefficient (Wildman–Crippen LogP) is 5.48. The van der Waals surface area contributed by atoms with Crippen molar-refractivity contribution in [3.05, 3.63) is 92.5 Å². The average molecular weight is 569 g/mol. The van der Waals surface area contributed by atoms with Gasteiger partial charge in [0, 0.05) is 5.02 Å². The van der Waals surface area contributed by atoms with Crippen LogP contribution in [-0.2, 0) is 19.7 Å². The van der Waals surface area contributed by atoms with Crippen molar-refractivity contribution in [1.29, 1.82) is 0 Å². The van der Waals surface area contributed by atoms with E-state index in [9.17, 15) is 18.0 Å². The van der Waals surface area contributed by atoms with Gasteiger partial charge in [-0.25, -0.2) is 0 Å². The predicted molar refractivity (Wildman–Crippen MR) is 152 cm³/mol. The van der Waals surface area contributed by atoms with E-state index >= 15 is 0 Å². The molecule has 0 saturated carbocycles. The van der Waals surface area contributed by atoms with Gasteiger partial charge >= 0.3 is 10.1 Å². The van der Waals surface area contributed by atoms with E-state index in [1.165, 1.54) is 23.1 Å². The summed E-state index contributed by atoms with van der Waals surface area (Å²) in [6.07, 6.45) is 1.40. The summed E-state index contributed by atoms with van der Waals surface area (Å²) in [4.78, 5) is 27.1. The number of carbonyl (C=O) groups excluding carboxylic acids is 2. The van der Waals surface area contributed by atoms with E-state index in [4.69, 9.17) is 28.0 Å². The maximum absolute atomic E-state index is 13.2. The summed E-state index contributed by atoms with van der Waals surface area (Å²) >= 11 is 11.1. The van der Waals surface area contributed by atoms with Gasteiger partial charge in [0.1, 0.15) is 16.2 Å². The van der Waals surface area contributed by atoms with Crippen LogP contribution < -0.4 is 14.4 Å². The molecule has 3 aromatic rings. The van der Waals surface area contributed by atoms with Crippen LogP contribution in [0.2, 0.25) is 5.02 Å². The minimum Gasteiger partial charge on any atom is -0.379 e. The molecule has 1 fully saturated rings. The highest BCUT2D eigenvalue weighted by atomic mass is 35.5. The maximum Gasteiger partial charge on any atom is 0.339 e. The summed E-state index contributed by atoms with van der Waals surface area (Å²) in [5.74, 6) is -1.13. The zero-order valence-corrected chi connectivity index (χ0v) is 23.8. The Morgan fingerprint density at radius 3 is 1.92 bits per heavy atom. The molecule has 10 heteroatoms. The molecule has 0 aliphatic carbocycles. The number of halogens is 1. The van der Waals surface area contributed by atoms with Gasteiger partial charge in [-0.05, 0) is 123 Å². The molecule has 0 radical (unpaired) electrons. The molecule has 3 aromatic carbocycles. The van der Waals surface area contributed by atoms with Crippen LogP contribution in [0.25, 0.3) is 6.08 Å².